The van der Waals surface area contributed by atoms with Crippen molar-refractivity contribution in [2.45, 2.75) is 0 Å². The second-order valence-corrected chi connectivity index (χ2v) is 6.76. The summed E-state index contributed by atoms with van der Waals surface area (Å²) in [7, 11) is 3.75. The summed E-state index contributed by atoms with van der Waals surface area (Å²) in [5.41, 5.74) is 2.25. The molecule has 1 aromatic heterocycles. The maximum absolute atomic E-state index is 5.51. The van der Waals surface area contributed by atoms with Crippen LogP contribution in [0, 0.1) is 0 Å². The van der Waals surface area contributed by atoms with Crippen molar-refractivity contribution in [1.82, 2.24) is 9.97 Å². The molecule has 0 radical (unpaired) electrons. The Hall–Kier alpha value is -3.28. The van der Waals surface area contributed by atoms with Crippen molar-refractivity contribution in [3.05, 3.63) is 66.9 Å². The van der Waals surface area contributed by atoms with Crippen molar-refractivity contribution in [1.29, 1.82) is 0 Å². The number of methoxy groups -OCH3 is 1. The van der Waals surface area contributed by atoms with Gasteiger partial charge in [0.05, 0.1) is 12.8 Å². The number of nitrogens with zero attached hydrogens (tertiary/aromatic N) is 5. The van der Waals surface area contributed by atoms with Crippen molar-refractivity contribution in [2.24, 2.45) is 0 Å². The maximum Gasteiger partial charge on any atom is 0.227 e. The van der Waals surface area contributed by atoms with E-state index in [0.717, 1.165) is 55.1 Å². The molecule has 0 atom stereocenters. The van der Waals surface area contributed by atoms with Gasteiger partial charge in [-0.3, -0.25) is 0 Å². The maximum atomic E-state index is 5.51. The van der Waals surface area contributed by atoms with Crippen LogP contribution in [0.2, 0.25) is 0 Å². The van der Waals surface area contributed by atoms with Gasteiger partial charge in [0.25, 0.3) is 0 Å². The molecule has 2 aromatic carbocycles. The number of rotatable bonds is 5. The van der Waals surface area contributed by atoms with Gasteiger partial charge in [0.15, 0.2) is 0 Å². The fraction of sp³-hybridized carbons (Fsp3) is 0.273. The number of anilines is 4. The van der Waals surface area contributed by atoms with E-state index >= 15 is 0 Å². The summed E-state index contributed by atoms with van der Waals surface area (Å²) < 4.78 is 5.51. The summed E-state index contributed by atoms with van der Waals surface area (Å²) in [5, 5.41) is 0. The SMILES string of the molecule is COc1ccccc1N1CCN(c2nccc(N(C)c3ccccc3)n2)CC1. The predicted octanol–water partition coefficient (Wildman–Crippen LogP) is 3.58. The van der Waals surface area contributed by atoms with E-state index in [0.29, 0.717) is 0 Å². The van der Waals surface area contributed by atoms with Crippen LogP contribution in [0.1, 0.15) is 0 Å². The topological polar surface area (TPSA) is 44.7 Å². The molecule has 1 aliphatic heterocycles. The van der Waals surface area contributed by atoms with Crippen LogP contribution >= 0.6 is 0 Å². The van der Waals surface area contributed by atoms with Gasteiger partial charge in [-0.1, -0.05) is 30.3 Å². The van der Waals surface area contributed by atoms with Crippen LogP contribution in [0.5, 0.6) is 5.75 Å². The third-order valence-corrected chi connectivity index (χ3v) is 5.10. The number of ether oxygens (including phenoxy) is 1. The van der Waals surface area contributed by atoms with Crippen molar-refractivity contribution in [2.75, 3.05) is 55.0 Å². The fourth-order valence-corrected chi connectivity index (χ4v) is 3.50. The van der Waals surface area contributed by atoms with Gasteiger partial charge in [-0.2, -0.15) is 4.98 Å². The normalized spacial score (nSPS) is 14.1. The second-order valence-electron chi connectivity index (χ2n) is 6.76. The Labute approximate surface area is 166 Å². The number of hydrogen-bond acceptors (Lipinski definition) is 6. The number of piperazine rings is 1. The van der Waals surface area contributed by atoms with Gasteiger partial charge < -0.3 is 19.4 Å². The van der Waals surface area contributed by atoms with E-state index in [9.17, 15) is 0 Å². The van der Waals surface area contributed by atoms with E-state index in [4.69, 9.17) is 9.72 Å². The third-order valence-electron chi connectivity index (χ3n) is 5.10. The summed E-state index contributed by atoms with van der Waals surface area (Å²) in [6.45, 7) is 3.55. The Balaban J connectivity index is 1.47. The molecule has 0 unspecified atom stereocenters. The average molecular weight is 375 g/mol. The molecule has 2 heterocycles. The monoisotopic (exact) mass is 375 g/mol. The van der Waals surface area contributed by atoms with E-state index in [1.165, 1.54) is 0 Å². The summed E-state index contributed by atoms with van der Waals surface area (Å²) in [4.78, 5) is 16.0. The Kier molecular flexibility index (Phi) is 5.28. The van der Waals surface area contributed by atoms with Crippen molar-refractivity contribution in [3.8, 4) is 5.75 Å². The van der Waals surface area contributed by atoms with Crippen LogP contribution in [0.25, 0.3) is 0 Å². The lowest BCUT2D eigenvalue weighted by molar-refractivity contribution is 0.413. The molecule has 1 fully saturated rings. The zero-order valence-electron chi connectivity index (χ0n) is 16.3. The summed E-state index contributed by atoms with van der Waals surface area (Å²) >= 11 is 0. The van der Waals surface area contributed by atoms with Crippen molar-refractivity contribution < 1.29 is 4.74 Å². The third kappa shape index (κ3) is 3.71. The van der Waals surface area contributed by atoms with Crippen molar-refractivity contribution >= 4 is 23.1 Å². The molecule has 0 N–H and O–H groups in total. The Morgan fingerprint density at radius 2 is 1.54 bits per heavy atom. The molecule has 1 aliphatic rings. The van der Waals surface area contributed by atoms with Crippen LogP contribution < -0.4 is 19.4 Å². The second kappa shape index (κ2) is 8.17. The zero-order valence-corrected chi connectivity index (χ0v) is 16.3. The molecule has 0 saturated carbocycles. The van der Waals surface area contributed by atoms with Crippen LogP contribution in [0.3, 0.4) is 0 Å². The van der Waals surface area contributed by atoms with E-state index in [2.05, 4.69) is 43.9 Å². The van der Waals surface area contributed by atoms with E-state index in [1.54, 1.807) is 7.11 Å². The highest BCUT2D eigenvalue weighted by atomic mass is 16.5. The first-order valence-corrected chi connectivity index (χ1v) is 9.51. The fourth-order valence-electron chi connectivity index (χ4n) is 3.50. The standard InChI is InChI=1S/C22H25N5O/c1-25(18-8-4-3-5-9-18)21-12-13-23-22(24-21)27-16-14-26(15-17-27)19-10-6-7-11-20(19)28-2/h3-13H,14-17H2,1-2H3. The predicted molar refractivity (Wildman–Crippen MR) is 114 cm³/mol. The summed E-state index contributed by atoms with van der Waals surface area (Å²) in [5.74, 6) is 2.59. The minimum Gasteiger partial charge on any atom is -0.495 e. The lowest BCUT2D eigenvalue weighted by Gasteiger charge is -2.36. The first-order valence-electron chi connectivity index (χ1n) is 9.51. The molecule has 4 rings (SSSR count). The van der Waals surface area contributed by atoms with Gasteiger partial charge in [0.2, 0.25) is 5.95 Å². The summed E-state index contributed by atoms with van der Waals surface area (Å²) in [6, 6.07) is 20.4. The first-order chi connectivity index (χ1) is 13.8. The number of aromatic nitrogens is 2. The highest BCUT2D eigenvalue weighted by molar-refractivity contribution is 5.61. The van der Waals surface area contributed by atoms with Crippen LogP contribution in [0.15, 0.2) is 66.9 Å². The molecule has 0 aliphatic carbocycles. The Morgan fingerprint density at radius 1 is 0.857 bits per heavy atom. The molecule has 6 heteroatoms. The Morgan fingerprint density at radius 3 is 2.29 bits per heavy atom. The Bertz CT molecular complexity index is 910. The van der Waals surface area contributed by atoms with Crippen LogP contribution in [-0.2, 0) is 0 Å². The van der Waals surface area contributed by atoms with E-state index in [-0.39, 0.29) is 0 Å². The number of para-hydroxylation sites is 3. The number of hydrogen-bond donors (Lipinski definition) is 0. The van der Waals surface area contributed by atoms with Gasteiger partial charge in [0.1, 0.15) is 11.6 Å². The largest absolute Gasteiger partial charge is 0.495 e. The number of benzene rings is 2. The van der Waals surface area contributed by atoms with Gasteiger partial charge in [-0.15, -0.1) is 0 Å². The molecule has 0 amide bonds. The lowest BCUT2D eigenvalue weighted by atomic mass is 10.2. The van der Waals surface area contributed by atoms with Crippen LogP contribution in [-0.4, -0.2) is 50.3 Å². The van der Waals surface area contributed by atoms with E-state index < -0.39 is 0 Å². The molecule has 28 heavy (non-hydrogen) atoms. The molecule has 0 bridgehead atoms. The highest BCUT2D eigenvalue weighted by Gasteiger charge is 2.21. The van der Waals surface area contributed by atoms with Gasteiger partial charge in [0, 0.05) is 45.1 Å². The molecule has 6 nitrogen and oxygen atoms in total. The lowest BCUT2D eigenvalue weighted by Crippen LogP contribution is -2.47. The van der Waals surface area contributed by atoms with Crippen molar-refractivity contribution in [3.63, 3.8) is 0 Å². The summed E-state index contributed by atoms with van der Waals surface area (Å²) in [6.07, 6.45) is 1.84. The first kappa shape index (κ1) is 18.1. The quantitative estimate of drug-likeness (QED) is 0.679. The molecule has 0 spiro atoms. The molecule has 1 saturated heterocycles. The van der Waals surface area contributed by atoms with Gasteiger partial charge >= 0.3 is 0 Å². The average Bonchev–Trinajstić information content (AvgIpc) is 2.79. The van der Waals surface area contributed by atoms with Crippen LogP contribution in [0.4, 0.5) is 23.1 Å². The molecular formula is C22H25N5O. The minimum absolute atomic E-state index is 0.778. The van der Waals surface area contributed by atoms with Gasteiger partial charge in [-0.25, -0.2) is 4.98 Å². The minimum atomic E-state index is 0.778. The smallest absolute Gasteiger partial charge is 0.227 e. The van der Waals surface area contributed by atoms with E-state index in [1.807, 2.05) is 49.6 Å². The molecular weight excluding hydrogens is 350 g/mol. The molecule has 144 valence electrons. The molecule has 3 aromatic rings. The van der Waals surface area contributed by atoms with Gasteiger partial charge in [-0.05, 0) is 30.3 Å². The highest BCUT2D eigenvalue weighted by Crippen LogP contribution is 2.29. The zero-order chi connectivity index (χ0) is 19.3.